The molecular formula is C14H22N4O. The molecule has 1 atom stereocenters. The minimum Gasteiger partial charge on any atom is -0.382 e. The highest BCUT2D eigenvalue weighted by Gasteiger charge is 2.22. The zero-order valence-corrected chi connectivity index (χ0v) is 11.5. The summed E-state index contributed by atoms with van der Waals surface area (Å²) in [4.78, 5) is 14.2. The summed E-state index contributed by atoms with van der Waals surface area (Å²) in [6.07, 6.45) is 5.90. The van der Waals surface area contributed by atoms with Crippen LogP contribution < -0.4 is 5.73 Å². The third kappa shape index (κ3) is 3.66. The molecule has 1 aromatic heterocycles. The highest BCUT2D eigenvalue weighted by atomic mass is 16.2. The van der Waals surface area contributed by atoms with Crippen molar-refractivity contribution in [1.29, 1.82) is 0 Å². The molecule has 2 N–H and O–H groups in total. The van der Waals surface area contributed by atoms with Gasteiger partial charge >= 0.3 is 0 Å². The molecule has 1 aliphatic rings. The number of carbonyl (C=O) groups excluding carboxylic acids is 1. The van der Waals surface area contributed by atoms with Crippen molar-refractivity contribution in [2.45, 2.75) is 39.0 Å². The van der Waals surface area contributed by atoms with Crippen molar-refractivity contribution in [3.8, 4) is 0 Å². The minimum atomic E-state index is -0.0235. The van der Waals surface area contributed by atoms with E-state index in [2.05, 4.69) is 17.1 Å². The van der Waals surface area contributed by atoms with Crippen LogP contribution in [0.5, 0.6) is 0 Å². The predicted molar refractivity (Wildman–Crippen MR) is 74.6 cm³/mol. The zero-order chi connectivity index (χ0) is 13.7. The standard InChI is InChI=1S/C14H22N4O/c1-2-4-11-5-3-9-18(10-8-11)14(19)12-6-7-13(15)17-16-12/h6-7,11H,2-5,8-10H2,1H3,(H2,15,17). The van der Waals surface area contributed by atoms with Gasteiger partial charge in [-0.05, 0) is 37.3 Å². The highest BCUT2D eigenvalue weighted by Crippen LogP contribution is 2.22. The van der Waals surface area contributed by atoms with E-state index in [1.54, 1.807) is 12.1 Å². The Bertz CT molecular complexity index is 418. The smallest absolute Gasteiger partial charge is 0.274 e. The average Bonchev–Trinajstić information content (AvgIpc) is 2.65. The van der Waals surface area contributed by atoms with Gasteiger partial charge < -0.3 is 10.6 Å². The summed E-state index contributed by atoms with van der Waals surface area (Å²) in [6, 6.07) is 3.27. The van der Waals surface area contributed by atoms with Crippen LogP contribution >= 0.6 is 0 Å². The van der Waals surface area contributed by atoms with Crippen molar-refractivity contribution in [2.75, 3.05) is 18.8 Å². The second-order valence-corrected chi connectivity index (χ2v) is 5.22. The van der Waals surface area contributed by atoms with E-state index in [9.17, 15) is 4.79 Å². The molecule has 104 valence electrons. The maximum absolute atomic E-state index is 12.3. The molecule has 0 spiro atoms. The maximum atomic E-state index is 12.3. The van der Waals surface area contributed by atoms with Crippen molar-refractivity contribution >= 4 is 11.7 Å². The Kier molecular flexibility index (Phi) is 4.71. The van der Waals surface area contributed by atoms with Crippen LogP contribution in [0.2, 0.25) is 0 Å². The monoisotopic (exact) mass is 262 g/mol. The number of hydrogen-bond acceptors (Lipinski definition) is 4. The van der Waals surface area contributed by atoms with Gasteiger partial charge in [0.1, 0.15) is 5.82 Å². The van der Waals surface area contributed by atoms with Crippen LogP contribution in [0.3, 0.4) is 0 Å². The molecule has 1 saturated heterocycles. The molecule has 0 bridgehead atoms. The second kappa shape index (κ2) is 6.50. The van der Waals surface area contributed by atoms with Crippen LogP contribution in [0.4, 0.5) is 5.82 Å². The van der Waals surface area contributed by atoms with Crippen molar-refractivity contribution in [1.82, 2.24) is 15.1 Å². The summed E-state index contributed by atoms with van der Waals surface area (Å²) in [5, 5.41) is 7.62. The molecule has 1 aliphatic heterocycles. The van der Waals surface area contributed by atoms with Gasteiger partial charge in [-0.15, -0.1) is 10.2 Å². The lowest BCUT2D eigenvalue weighted by Crippen LogP contribution is -2.32. The Labute approximate surface area is 114 Å². The van der Waals surface area contributed by atoms with Crippen molar-refractivity contribution in [2.24, 2.45) is 5.92 Å². The summed E-state index contributed by atoms with van der Waals surface area (Å²) in [5.41, 5.74) is 5.88. The normalized spacial score (nSPS) is 20.1. The van der Waals surface area contributed by atoms with Gasteiger partial charge in [-0.1, -0.05) is 19.8 Å². The van der Waals surface area contributed by atoms with E-state index in [1.165, 1.54) is 19.3 Å². The summed E-state index contributed by atoms with van der Waals surface area (Å²) in [6.45, 7) is 3.87. The predicted octanol–water partition coefficient (Wildman–Crippen LogP) is 2.10. The third-order valence-corrected chi connectivity index (χ3v) is 3.74. The number of rotatable bonds is 3. The van der Waals surface area contributed by atoms with Crippen LogP contribution in [-0.4, -0.2) is 34.1 Å². The number of nitrogens with two attached hydrogens (primary N) is 1. The fourth-order valence-corrected chi connectivity index (χ4v) is 2.68. The lowest BCUT2D eigenvalue weighted by molar-refractivity contribution is 0.0753. The fraction of sp³-hybridized carbons (Fsp3) is 0.643. The van der Waals surface area contributed by atoms with Crippen LogP contribution in [0.15, 0.2) is 12.1 Å². The topological polar surface area (TPSA) is 72.1 Å². The van der Waals surface area contributed by atoms with Gasteiger partial charge in [-0.2, -0.15) is 0 Å². The quantitative estimate of drug-likeness (QED) is 0.905. The van der Waals surface area contributed by atoms with Crippen LogP contribution in [0, 0.1) is 5.92 Å². The average molecular weight is 262 g/mol. The first-order chi connectivity index (χ1) is 9.20. The summed E-state index contributed by atoms with van der Waals surface area (Å²) in [7, 11) is 0. The Morgan fingerprint density at radius 2 is 2.21 bits per heavy atom. The zero-order valence-electron chi connectivity index (χ0n) is 11.5. The first kappa shape index (κ1) is 13.8. The molecule has 2 rings (SSSR count). The SMILES string of the molecule is CCCC1CCCN(C(=O)c2ccc(N)nn2)CC1. The van der Waals surface area contributed by atoms with Gasteiger partial charge in [0, 0.05) is 13.1 Å². The molecule has 0 radical (unpaired) electrons. The van der Waals surface area contributed by atoms with Crippen LogP contribution in [0.25, 0.3) is 0 Å². The Balaban J connectivity index is 1.98. The number of hydrogen-bond donors (Lipinski definition) is 1. The molecule has 0 saturated carbocycles. The molecule has 0 aliphatic carbocycles. The summed E-state index contributed by atoms with van der Waals surface area (Å²) in [5.74, 6) is 1.08. The summed E-state index contributed by atoms with van der Waals surface area (Å²) < 4.78 is 0. The van der Waals surface area contributed by atoms with Crippen LogP contribution in [-0.2, 0) is 0 Å². The van der Waals surface area contributed by atoms with Crippen molar-refractivity contribution in [3.05, 3.63) is 17.8 Å². The van der Waals surface area contributed by atoms with Gasteiger partial charge in [-0.3, -0.25) is 4.79 Å². The molecule has 2 heterocycles. The number of amides is 1. The van der Waals surface area contributed by atoms with Gasteiger partial charge in [0.25, 0.3) is 5.91 Å². The van der Waals surface area contributed by atoms with E-state index in [-0.39, 0.29) is 5.91 Å². The van der Waals surface area contributed by atoms with Crippen LogP contribution in [0.1, 0.15) is 49.5 Å². The molecule has 0 aromatic carbocycles. The lowest BCUT2D eigenvalue weighted by Gasteiger charge is -2.19. The first-order valence-electron chi connectivity index (χ1n) is 7.09. The number of carbonyl (C=O) groups is 1. The number of nitrogen functional groups attached to an aromatic ring is 1. The largest absolute Gasteiger partial charge is 0.382 e. The number of anilines is 1. The Morgan fingerprint density at radius 3 is 2.89 bits per heavy atom. The van der Waals surface area contributed by atoms with E-state index in [0.29, 0.717) is 11.5 Å². The molecule has 5 nitrogen and oxygen atoms in total. The van der Waals surface area contributed by atoms with Gasteiger partial charge in [0.05, 0.1) is 0 Å². The van der Waals surface area contributed by atoms with Crippen molar-refractivity contribution < 1.29 is 4.79 Å². The fourth-order valence-electron chi connectivity index (χ4n) is 2.68. The molecule has 1 aromatic rings. The number of aromatic nitrogens is 2. The first-order valence-corrected chi connectivity index (χ1v) is 7.09. The molecule has 5 heteroatoms. The molecular weight excluding hydrogens is 240 g/mol. The molecule has 1 amide bonds. The number of likely N-dealkylation sites (tertiary alicyclic amines) is 1. The van der Waals surface area contributed by atoms with Crippen molar-refractivity contribution in [3.63, 3.8) is 0 Å². The number of nitrogens with zero attached hydrogens (tertiary/aromatic N) is 3. The molecule has 19 heavy (non-hydrogen) atoms. The van der Waals surface area contributed by atoms with Gasteiger partial charge in [0.2, 0.25) is 0 Å². The van der Waals surface area contributed by atoms with E-state index in [4.69, 9.17) is 5.73 Å². The third-order valence-electron chi connectivity index (χ3n) is 3.74. The van der Waals surface area contributed by atoms with E-state index in [1.807, 2.05) is 4.90 Å². The van der Waals surface area contributed by atoms with Gasteiger partial charge in [0.15, 0.2) is 5.69 Å². The minimum absolute atomic E-state index is 0.0235. The second-order valence-electron chi connectivity index (χ2n) is 5.22. The van der Waals surface area contributed by atoms with Gasteiger partial charge in [-0.25, -0.2) is 0 Å². The van der Waals surface area contributed by atoms with E-state index < -0.39 is 0 Å². The highest BCUT2D eigenvalue weighted by molar-refractivity contribution is 5.92. The van der Waals surface area contributed by atoms with E-state index >= 15 is 0 Å². The maximum Gasteiger partial charge on any atom is 0.274 e. The summed E-state index contributed by atoms with van der Waals surface area (Å²) >= 11 is 0. The Hall–Kier alpha value is -1.65. The lowest BCUT2D eigenvalue weighted by atomic mass is 9.96. The molecule has 1 unspecified atom stereocenters. The van der Waals surface area contributed by atoms with E-state index in [0.717, 1.165) is 31.8 Å². The Morgan fingerprint density at radius 1 is 1.37 bits per heavy atom. The molecule has 1 fully saturated rings.